The second-order valence-electron chi connectivity index (χ2n) is 5.30. The summed E-state index contributed by atoms with van der Waals surface area (Å²) in [5.41, 5.74) is 1.34. The number of halogens is 1. The summed E-state index contributed by atoms with van der Waals surface area (Å²) >= 11 is 6.06. The molecule has 0 aliphatic carbocycles. The van der Waals surface area contributed by atoms with E-state index in [1.54, 1.807) is 13.8 Å². The maximum atomic E-state index is 12.7. The lowest BCUT2D eigenvalue weighted by Gasteiger charge is -2.10. The Morgan fingerprint density at radius 1 is 1.21 bits per heavy atom. The monoisotopic (exact) mass is 342 g/mol. The van der Waals surface area contributed by atoms with Crippen LogP contribution >= 0.6 is 11.6 Å². The molecular weight excluding hydrogens is 328 g/mol. The predicted octanol–water partition coefficient (Wildman–Crippen LogP) is 4.60. The number of rotatable bonds is 3. The molecule has 0 fully saturated rings. The minimum absolute atomic E-state index is 0.147. The van der Waals surface area contributed by atoms with Crippen molar-refractivity contribution in [2.75, 3.05) is 6.61 Å². The van der Waals surface area contributed by atoms with Crippen LogP contribution in [0, 0.1) is 6.92 Å². The largest absolute Gasteiger partial charge is 0.462 e. The minimum Gasteiger partial charge on any atom is -0.462 e. The molecule has 2 aromatic carbocycles. The molecule has 24 heavy (non-hydrogen) atoms. The van der Waals surface area contributed by atoms with Crippen LogP contribution in [0.3, 0.4) is 0 Å². The molecule has 122 valence electrons. The van der Waals surface area contributed by atoms with Crippen molar-refractivity contribution in [2.45, 2.75) is 13.8 Å². The molecule has 1 heterocycles. The van der Waals surface area contributed by atoms with Crippen molar-refractivity contribution >= 4 is 28.5 Å². The van der Waals surface area contributed by atoms with Crippen LogP contribution in [0.15, 0.2) is 51.7 Å². The van der Waals surface area contributed by atoms with E-state index in [9.17, 15) is 9.59 Å². The number of fused-ring (bicyclic) bond motifs is 1. The summed E-state index contributed by atoms with van der Waals surface area (Å²) in [4.78, 5) is 24.9. The Balaban J connectivity index is 2.37. The minimum atomic E-state index is -0.573. The molecule has 0 radical (unpaired) electrons. The normalized spacial score (nSPS) is 10.8. The summed E-state index contributed by atoms with van der Waals surface area (Å²) in [5.74, 6) is -0.142. The second kappa shape index (κ2) is 6.49. The number of carbonyl (C=O) groups excluding carboxylic acids is 1. The number of hydrogen-bond acceptors (Lipinski definition) is 4. The topological polar surface area (TPSA) is 56.5 Å². The molecule has 3 aromatic rings. The molecule has 0 bridgehead atoms. The average molecular weight is 343 g/mol. The van der Waals surface area contributed by atoms with Gasteiger partial charge >= 0.3 is 5.97 Å². The Labute approximate surface area is 143 Å². The van der Waals surface area contributed by atoms with Crippen molar-refractivity contribution < 1.29 is 13.9 Å². The number of benzene rings is 2. The van der Waals surface area contributed by atoms with E-state index in [2.05, 4.69) is 0 Å². The quantitative estimate of drug-likeness (QED) is 0.653. The third-order valence-electron chi connectivity index (χ3n) is 3.71. The molecule has 0 saturated heterocycles. The van der Waals surface area contributed by atoms with Crippen LogP contribution in [0.2, 0.25) is 5.02 Å². The van der Waals surface area contributed by atoms with Crippen molar-refractivity contribution in [3.63, 3.8) is 0 Å². The van der Waals surface area contributed by atoms with Crippen molar-refractivity contribution in [2.24, 2.45) is 0 Å². The van der Waals surface area contributed by atoms with E-state index >= 15 is 0 Å². The highest BCUT2D eigenvalue weighted by molar-refractivity contribution is 6.32. The number of ether oxygens (including phenoxy) is 1. The second-order valence-corrected chi connectivity index (χ2v) is 5.74. The number of carbonyl (C=O) groups is 1. The Hall–Kier alpha value is -2.59. The molecule has 0 N–H and O–H groups in total. The molecular formula is C19H15ClO4. The molecule has 0 unspecified atom stereocenters. The van der Waals surface area contributed by atoms with Crippen LogP contribution in [-0.2, 0) is 4.74 Å². The molecule has 4 nitrogen and oxygen atoms in total. The van der Waals surface area contributed by atoms with Crippen LogP contribution < -0.4 is 5.43 Å². The van der Waals surface area contributed by atoms with Gasteiger partial charge in [-0.25, -0.2) is 4.79 Å². The van der Waals surface area contributed by atoms with Crippen molar-refractivity contribution in [3.8, 4) is 11.3 Å². The van der Waals surface area contributed by atoms with E-state index in [1.807, 2.05) is 30.3 Å². The van der Waals surface area contributed by atoms with Crippen LogP contribution in [0.1, 0.15) is 22.8 Å². The van der Waals surface area contributed by atoms with E-state index in [0.717, 1.165) is 5.56 Å². The van der Waals surface area contributed by atoms with Gasteiger partial charge in [0, 0.05) is 16.1 Å². The van der Waals surface area contributed by atoms with E-state index < -0.39 is 5.97 Å². The number of hydrogen-bond donors (Lipinski definition) is 0. The van der Waals surface area contributed by atoms with Gasteiger partial charge in [0.2, 0.25) is 0 Å². The predicted molar refractivity (Wildman–Crippen MR) is 93.6 cm³/mol. The average Bonchev–Trinajstić information content (AvgIpc) is 2.59. The summed E-state index contributed by atoms with van der Waals surface area (Å²) in [6.07, 6.45) is 0. The lowest BCUT2D eigenvalue weighted by Crippen LogP contribution is -2.11. The number of esters is 1. The summed E-state index contributed by atoms with van der Waals surface area (Å²) in [5, 5.41) is 0.549. The third-order valence-corrected chi connectivity index (χ3v) is 3.93. The van der Waals surface area contributed by atoms with E-state index in [-0.39, 0.29) is 33.6 Å². The van der Waals surface area contributed by atoms with Crippen LogP contribution in [0.4, 0.5) is 0 Å². The van der Waals surface area contributed by atoms with E-state index in [0.29, 0.717) is 11.3 Å². The van der Waals surface area contributed by atoms with Crippen molar-refractivity contribution in [1.82, 2.24) is 0 Å². The summed E-state index contributed by atoms with van der Waals surface area (Å²) in [7, 11) is 0. The Bertz CT molecular complexity index is 974. The van der Waals surface area contributed by atoms with Gasteiger partial charge < -0.3 is 9.15 Å². The lowest BCUT2D eigenvalue weighted by atomic mass is 10.0. The van der Waals surface area contributed by atoms with Crippen molar-refractivity contribution in [1.29, 1.82) is 0 Å². The summed E-state index contributed by atoms with van der Waals surface area (Å²) < 4.78 is 11.0. The molecule has 0 aliphatic rings. The van der Waals surface area contributed by atoms with Gasteiger partial charge in [-0.3, -0.25) is 4.79 Å². The lowest BCUT2D eigenvalue weighted by molar-refractivity contribution is 0.0527. The standard InChI is InChI=1S/C19H15ClO4/c1-3-23-19(22)15-10-13(20)9-14-16(21)11(2)17(24-18(14)15)12-7-5-4-6-8-12/h4-10H,3H2,1-2H3. The fourth-order valence-electron chi connectivity index (χ4n) is 2.58. The summed E-state index contributed by atoms with van der Waals surface area (Å²) in [6, 6.07) is 12.2. The fraction of sp³-hybridized carbons (Fsp3) is 0.158. The molecule has 0 aliphatic heterocycles. The van der Waals surface area contributed by atoms with Gasteiger partial charge in [-0.05, 0) is 26.0 Å². The van der Waals surface area contributed by atoms with Crippen LogP contribution in [-0.4, -0.2) is 12.6 Å². The molecule has 0 spiro atoms. The first-order chi connectivity index (χ1) is 11.5. The Morgan fingerprint density at radius 3 is 2.58 bits per heavy atom. The summed E-state index contributed by atoms with van der Waals surface area (Å²) in [6.45, 7) is 3.62. The zero-order chi connectivity index (χ0) is 17.3. The Morgan fingerprint density at radius 2 is 1.92 bits per heavy atom. The van der Waals surface area contributed by atoms with Gasteiger partial charge in [0.1, 0.15) is 11.3 Å². The van der Waals surface area contributed by atoms with Gasteiger partial charge in [-0.2, -0.15) is 0 Å². The maximum Gasteiger partial charge on any atom is 0.342 e. The smallest absolute Gasteiger partial charge is 0.342 e. The van der Waals surface area contributed by atoms with Gasteiger partial charge in [-0.1, -0.05) is 41.9 Å². The van der Waals surface area contributed by atoms with Gasteiger partial charge in [-0.15, -0.1) is 0 Å². The van der Waals surface area contributed by atoms with Crippen molar-refractivity contribution in [3.05, 3.63) is 68.8 Å². The SMILES string of the molecule is CCOC(=O)c1cc(Cl)cc2c(=O)c(C)c(-c3ccccc3)oc12. The molecule has 0 atom stereocenters. The molecule has 0 amide bonds. The van der Waals surface area contributed by atoms with Crippen LogP contribution in [0.25, 0.3) is 22.3 Å². The van der Waals surface area contributed by atoms with E-state index in [4.69, 9.17) is 20.8 Å². The van der Waals surface area contributed by atoms with E-state index in [1.165, 1.54) is 12.1 Å². The highest BCUT2D eigenvalue weighted by Crippen LogP contribution is 2.29. The highest BCUT2D eigenvalue weighted by atomic mass is 35.5. The maximum absolute atomic E-state index is 12.7. The molecule has 5 heteroatoms. The molecule has 3 rings (SSSR count). The first kappa shape index (κ1) is 16.3. The van der Waals surface area contributed by atoms with Gasteiger partial charge in [0.05, 0.1) is 12.0 Å². The molecule has 0 saturated carbocycles. The highest BCUT2D eigenvalue weighted by Gasteiger charge is 2.20. The third kappa shape index (κ3) is 2.81. The first-order valence-corrected chi connectivity index (χ1v) is 7.90. The zero-order valence-corrected chi connectivity index (χ0v) is 14.0. The molecule has 1 aromatic heterocycles. The Kier molecular flexibility index (Phi) is 4.40. The van der Waals surface area contributed by atoms with Gasteiger partial charge in [0.15, 0.2) is 11.0 Å². The van der Waals surface area contributed by atoms with Crippen LogP contribution in [0.5, 0.6) is 0 Å². The first-order valence-electron chi connectivity index (χ1n) is 7.52. The van der Waals surface area contributed by atoms with Gasteiger partial charge in [0.25, 0.3) is 0 Å². The fourth-order valence-corrected chi connectivity index (χ4v) is 2.80. The zero-order valence-electron chi connectivity index (χ0n) is 13.3.